The number of carbonyl (C=O) groups is 1. The molecular formula is C21H27N3O. The van der Waals surface area contributed by atoms with Crippen LogP contribution in [0, 0.1) is 12.8 Å². The number of rotatable bonds is 2. The summed E-state index contributed by atoms with van der Waals surface area (Å²) in [4.78, 5) is 21.8. The van der Waals surface area contributed by atoms with Crippen LogP contribution in [0.15, 0.2) is 30.5 Å². The zero-order chi connectivity index (χ0) is 17.2. The molecule has 4 heteroatoms. The predicted octanol–water partition coefficient (Wildman–Crippen LogP) is 3.77. The molecule has 2 aliphatic heterocycles. The van der Waals surface area contributed by atoms with Crippen LogP contribution in [0.4, 0.5) is 5.69 Å². The minimum Gasteiger partial charge on any atom is -0.371 e. The summed E-state index contributed by atoms with van der Waals surface area (Å²) in [5.41, 5.74) is 3.57. The lowest BCUT2D eigenvalue weighted by Gasteiger charge is -2.36. The fraction of sp³-hybridized carbons (Fsp3) is 0.524. The first kappa shape index (κ1) is 16.4. The number of piperidine rings is 2. The van der Waals surface area contributed by atoms with Gasteiger partial charge >= 0.3 is 0 Å². The van der Waals surface area contributed by atoms with Crippen LogP contribution in [0.3, 0.4) is 0 Å². The highest BCUT2D eigenvalue weighted by atomic mass is 16.2. The maximum Gasteiger partial charge on any atom is 0.225 e. The van der Waals surface area contributed by atoms with Crippen molar-refractivity contribution in [2.45, 2.75) is 39.0 Å². The number of pyridine rings is 1. The van der Waals surface area contributed by atoms with E-state index >= 15 is 0 Å². The molecule has 0 aliphatic carbocycles. The van der Waals surface area contributed by atoms with Crippen LogP contribution in [-0.4, -0.2) is 42.0 Å². The number of anilines is 1. The second kappa shape index (κ2) is 7.03. The van der Waals surface area contributed by atoms with Gasteiger partial charge in [0, 0.05) is 49.4 Å². The number of hydrogen-bond acceptors (Lipinski definition) is 3. The van der Waals surface area contributed by atoms with E-state index in [-0.39, 0.29) is 5.92 Å². The van der Waals surface area contributed by atoms with Gasteiger partial charge in [0.05, 0.1) is 5.52 Å². The van der Waals surface area contributed by atoms with Crippen LogP contribution in [0.25, 0.3) is 10.9 Å². The smallest absolute Gasteiger partial charge is 0.225 e. The summed E-state index contributed by atoms with van der Waals surface area (Å²) in [5, 5.41) is 1.23. The average Bonchev–Trinajstić information content (AvgIpc) is 2.68. The third kappa shape index (κ3) is 3.35. The quantitative estimate of drug-likeness (QED) is 0.837. The Hall–Kier alpha value is -2.10. The molecule has 0 N–H and O–H groups in total. The number of carbonyl (C=O) groups excluding carboxylic acids is 1. The first-order valence-corrected chi connectivity index (χ1v) is 9.61. The number of aryl methyl sites for hydroxylation is 1. The molecule has 1 aromatic carbocycles. The van der Waals surface area contributed by atoms with Gasteiger partial charge in [-0.1, -0.05) is 11.6 Å². The Labute approximate surface area is 149 Å². The van der Waals surface area contributed by atoms with Crippen molar-refractivity contribution in [1.29, 1.82) is 0 Å². The highest BCUT2D eigenvalue weighted by molar-refractivity contribution is 5.92. The molecule has 2 saturated heterocycles. The first-order chi connectivity index (χ1) is 12.2. The van der Waals surface area contributed by atoms with Crippen LogP contribution < -0.4 is 4.90 Å². The highest BCUT2D eigenvalue weighted by Gasteiger charge is 2.29. The van der Waals surface area contributed by atoms with Crippen molar-refractivity contribution in [2.24, 2.45) is 5.92 Å². The lowest BCUT2D eigenvalue weighted by atomic mass is 9.93. The van der Waals surface area contributed by atoms with E-state index in [2.05, 4.69) is 46.0 Å². The van der Waals surface area contributed by atoms with Crippen molar-refractivity contribution in [3.05, 3.63) is 36.0 Å². The largest absolute Gasteiger partial charge is 0.371 e. The standard InChI is InChI=1S/C21H27N3O/c1-16-5-6-19-18(15-16)20(7-10-22-19)23-13-8-17(9-14-23)21(25)24-11-3-2-4-12-24/h5-7,10,15,17H,2-4,8-9,11-14H2,1H3. The molecule has 0 bridgehead atoms. The minimum absolute atomic E-state index is 0.212. The van der Waals surface area contributed by atoms with Crippen molar-refractivity contribution in [3.63, 3.8) is 0 Å². The van der Waals surface area contributed by atoms with Gasteiger partial charge in [0.1, 0.15) is 0 Å². The summed E-state index contributed by atoms with van der Waals surface area (Å²) in [7, 11) is 0. The van der Waals surface area contributed by atoms with Crippen LogP contribution in [0.5, 0.6) is 0 Å². The lowest BCUT2D eigenvalue weighted by Crippen LogP contribution is -2.44. The van der Waals surface area contributed by atoms with E-state index in [0.717, 1.165) is 44.5 Å². The Morgan fingerprint density at radius 3 is 2.56 bits per heavy atom. The number of fused-ring (bicyclic) bond motifs is 1. The molecule has 4 rings (SSSR count). The summed E-state index contributed by atoms with van der Waals surface area (Å²) < 4.78 is 0. The fourth-order valence-corrected chi connectivity index (χ4v) is 4.26. The summed E-state index contributed by atoms with van der Waals surface area (Å²) in [5.74, 6) is 0.610. The molecule has 2 aromatic rings. The molecule has 1 amide bonds. The van der Waals surface area contributed by atoms with Gasteiger partial charge in [0.15, 0.2) is 0 Å². The van der Waals surface area contributed by atoms with Gasteiger partial charge in [-0.05, 0) is 57.2 Å². The van der Waals surface area contributed by atoms with E-state index in [0.29, 0.717) is 5.91 Å². The molecule has 0 atom stereocenters. The van der Waals surface area contributed by atoms with Gasteiger partial charge in [-0.2, -0.15) is 0 Å². The number of benzene rings is 1. The second-order valence-electron chi connectivity index (χ2n) is 7.50. The SMILES string of the molecule is Cc1ccc2nccc(N3CCC(C(=O)N4CCCCC4)CC3)c2c1. The molecule has 4 nitrogen and oxygen atoms in total. The maximum atomic E-state index is 12.8. The minimum atomic E-state index is 0.212. The topological polar surface area (TPSA) is 36.4 Å². The van der Waals surface area contributed by atoms with E-state index in [1.165, 1.54) is 35.9 Å². The monoisotopic (exact) mass is 337 g/mol. The third-order valence-electron chi connectivity index (χ3n) is 5.73. The molecule has 1 aromatic heterocycles. The molecule has 0 spiro atoms. The van der Waals surface area contributed by atoms with E-state index in [1.54, 1.807) is 0 Å². The number of nitrogens with zero attached hydrogens (tertiary/aromatic N) is 3. The molecule has 2 aliphatic rings. The Morgan fingerprint density at radius 2 is 1.80 bits per heavy atom. The molecule has 0 radical (unpaired) electrons. The van der Waals surface area contributed by atoms with Crippen LogP contribution in [0.1, 0.15) is 37.7 Å². The maximum absolute atomic E-state index is 12.8. The Balaban J connectivity index is 1.47. The summed E-state index contributed by atoms with van der Waals surface area (Å²) in [6, 6.07) is 8.56. The number of aromatic nitrogens is 1. The van der Waals surface area contributed by atoms with Crippen molar-refractivity contribution in [3.8, 4) is 0 Å². The van der Waals surface area contributed by atoms with Crippen LogP contribution in [0.2, 0.25) is 0 Å². The highest BCUT2D eigenvalue weighted by Crippen LogP contribution is 2.30. The number of amides is 1. The molecule has 2 fully saturated rings. The predicted molar refractivity (Wildman–Crippen MR) is 102 cm³/mol. The Bertz CT molecular complexity index is 759. The summed E-state index contributed by atoms with van der Waals surface area (Å²) in [6.45, 7) is 5.97. The normalized spacial score (nSPS) is 19.4. The van der Waals surface area contributed by atoms with E-state index in [9.17, 15) is 4.79 Å². The van der Waals surface area contributed by atoms with Gasteiger partial charge in [-0.15, -0.1) is 0 Å². The molecule has 0 unspecified atom stereocenters. The van der Waals surface area contributed by atoms with Gasteiger partial charge in [0.25, 0.3) is 0 Å². The molecule has 132 valence electrons. The van der Waals surface area contributed by atoms with Gasteiger partial charge in [0.2, 0.25) is 5.91 Å². The van der Waals surface area contributed by atoms with Gasteiger partial charge in [-0.3, -0.25) is 9.78 Å². The second-order valence-corrected chi connectivity index (χ2v) is 7.50. The summed E-state index contributed by atoms with van der Waals surface area (Å²) in [6.07, 6.45) is 7.45. The van der Waals surface area contributed by atoms with E-state index in [1.807, 2.05) is 6.20 Å². The Morgan fingerprint density at radius 1 is 1.04 bits per heavy atom. The van der Waals surface area contributed by atoms with Crippen molar-refractivity contribution in [2.75, 3.05) is 31.1 Å². The average molecular weight is 337 g/mol. The van der Waals surface area contributed by atoms with Crippen LogP contribution in [-0.2, 0) is 4.79 Å². The van der Waals surface area contributed by atoms with Gasteiger partial charge < -0.3 is 9.80 Å². The van der Waals surface area contributed by atoms with Crippen molar-refractivity contribution < 1.29 is 4.79 Å². The number of likely N-dealkylation sites (tertiary alicyclic amines) is 1. The zero-order valence-electron chi connectivity index (χ0n) is 15.1. The Kier molecular flexibility index (Phi) is 4.60. The first-order valence-electron chi connectivity index (χ1n) is 9.61. The third-order valence-corrected chi connectivity index (χ3v) is 5.73. The van der Waals surface area contributed by atoms with E-state index in [4.69, 9.17) is 0 Å². The fourth-order valence-electron chi connectivity index (χ4n) is 4.26. The molecule has 0 saturated carbocycles. The van der Waals surface area contributed by atoms with Crippen molar-refractivity contribution in [1.82, 2.24) is 9.88 Å². The molecule has 25 heavy (non-hydrogen) atoms. The zero-order valence-corrected chi connectivity index (χ0v) is 15.1. The van der Waals surface area contributed by atoms with Gasteiger partial charge in [-0.25, -0.2) is 0 Å². The summed E-state index contributed by atoms with van der Waals surface area (Å²) >= 11 is 0. The molecular weight excluding hydrogens is 310 g/mol. The lowest BCUT2D eigenvalue weighted by molar-refractivity contribution is -0.137. The van der Waals surface area contributed by atoms with E-state index < -0.39 is 0 Å². The molecule has 3 heterocycles. The van der Waals surface area contributed by atoms with Crippen molar-refractivity contribution >= 4 is 22.5 Å². The van der Waals surface area contributed by atoms with Crippen LogP contribution >= 0.6 is 0 Å². The number of hydrogen-bond donors (Lipinski definition) is 0.